The van der Waals surface area contributed by atoms with Gasteiger partial charge in [0.1, 0.15) is 4.90 Å². The van der Waals surface area contributed by atoms with Gasteiger partial charge in [0, 0.05) is 26.8 Å². The molecule has 0 unspecified atom stereocenters. The Morgan fingerprint density at radius 2 is 2.11 bits per heavy atom. The quantitative estimate of drug-likeness (QED) is 0.645. The predicted molar refractivity (Wildman–Crippen MR) is 72.4 cm³/mol. The van der Waals surface area contributed by atoms with Crippen LogP contribution in [0.25, 0.3) is 0 Å². The number of aromatic nitrogens is 2. The van der Waals surface area contributed by atoms with Crippen molar-refractivity contribution >= 4 is 10.0 Å². The third-order valence-electron chi connectivity index (χ3n) is 2.74. The first-order chi connectivity index (χ1) is 8.94. The van der Waals surface area contributed by atoms with Gasteiger partial charge in [0.05, 0.1) is 17.9 Å². The van der Waals surface area contributed by atoms with Gasteiger partial charge >= 0.3 is 0 Å². The molecule has 0 spiro atoms. The summed E-state index contributed by atoms with van der Waals surface area (Å²) in [5, 5.41) is 4.20. The molecule has 0 aliphatic heterocycles. The van der Waals surface area contributed by atoms with Gasteiger partial charge in [-0.05, 0) is 20.3 Å². The van der Waals surface area contributed by atoms with E-state index in [1.807, 2.05) is 0 Å². The van der Waals surface area contributed by atoms with Crippen LogP contribution in [0.1, 0.15) is 17.8 Å². The van der Waals surface area contributed by atoms with E-state index in [0.717, 1.165) is 0 Å². The zero-order valence-electron chi connectivity index (χ0n) is 11.6. The van der Waals surface area contributed by atoms with E-state index in [4.69, 9.17) is 10.5 Å². The second kappa shape index (κ2) is 6.99. The van der Waals surface area contributed by atoms with Crippen LogP contribution in [-0.2, 0) is 21.3 Å². The molecule has 0 saturated carbocycles. The van der Waals surface area contributed by atoms with Gasteiger partial charge in [-0.3, -0.25) is 4.68 Å². The van der Waals surface area contributed by atoms with Crippen molar-refractivity contribution in [1.82, 2.24) is 14.5 Å². The number of hydrogen-bond donors (Lipinski definition) is 2. The van der Waals surface area contributed by atoms with Crippen LogP contribution < -0.4 is 10.5 Å². The van der Waals surface area contributed by atoms with Crippen LogP contribution in [0.4, 0.5) is 0 Å². The Kier molecular flexibility index (Phi) is 5.92. The second-order valence-electron chi connectivity index (χ2n) is 4.26. The zero-order valence-corrected chi connectivity index (χ0v) is 12.5. The molecule has 0 radical (unpaired) electrons. The molecular formula is C11H22N4O3S. The SMILES string of the molecule is COCCCNS(=O)(=O)c1c(C)nn(CCN)c1C. The maximum atomic E-state index is 12.2. The third-order valence-corrected chi connectivity index (χ3v) is 4.45. The average molecular weight is 290 g/mol. The first kappa shape index (κ1) is 16.1. The van der Waals surface area contributed by atoms with Crippen molar-refractivity contribution in [1.29, 1.82) is 0 Å². The first-order valence-corrected chi connectivity index (χ1v) is 7.65. The lowest BCUT2D eigenvalue weighted by molar-refractivity contribution is 0.196. The molecule has 0 fully saturated rings. The number of ether oxygens (including phenoxy) is 1. The molecule has 1 heterocycles. The Balaban J connectivity index is 2.89. The van der Waals surface area contributed by atoms with Crippen molar-refractivity contribution in [2.75, 3.05) is 26.8 Å². The maximum absolute atomic E-state index is 12.2. The van der Waals surface area contributed by atoms with Crippen molar-refractivity contribution in [2.24, 2.45) is 5.73 Å². The summed E-state index contributed by atoms with van der Waals surface area (Å²) in [6, 6.07) is 0. The topological polar surface area (TPSA) is 99.2 Å². The summed E-state index contributed by atoms with van der Waals surface area (Å²) in [6.45, 7) is 5.21. The van der Waals surface area contributed by atoms with Crippen LogP contribution in [0, 0.1) is 13.8 Å². The Morgan fingerprint density at radius 3 is 2.68 bits per heavy atom. The molecule has 0 saturated heterocycles. The Labute approximate surface area is 114 Å². The van der Waals surface area contributed by atoms with E-state index in [1.165, 1.54) is 0 Å². The van der Waals surface area contributed by atoms with Gasteiger partial charge in [-0.2, -0.15) is 5.10 Å². The number of sulfonamides is 1. The van der Waals surface area contributed by atoms with E-state index in [2.05, 4.69) is 9.82 Å². The zero-order chi connectivity index (χ0) is 14.5. The summed E-state index contributed by atoms with van der Waals surface area (Å²) in [4.78, 5) is 0.248. The number of aryl methyl sites for hydroxylation is 1. The van der Waals surface area contributed by atoms with Crippen molar-refractivity contribution in [3.05, 3.63) is 11.4 Å². The summed E-state index contributed by atoms with van der Waals surface area (Å²) in [6.07, 6.45) is 0.630. The standard InChI is InChI=1S/C11H22N4O3S/c1-9-11(10(2)15(14-9)7-5-12)19(16,17)13-6-4-8-18-3/h13H,4-8,12H2,1-3H3. The van der Waals surface area contributed by atoms with Gasteiger partial charge in [0.15, 0.2) is 0 Å². The van der Waals surface area contributed by atoms with Crippen molar-refractivity contribution < 1.29 is 13.2 Å². The monoisotopic (exact) mass is 290 g/mol. The van der Waals surface area contributed by atoms with E-state index in [-0.39, 0.29) is 4.90 Å². The Hall–Kier alpha value is -0.960. The minimum Gasteiger partial charge on any atom is -0.385 e. The number of rotatable bonds is 8. The van der Waals surface area contributed by atoms with Crippen LogP contribution in [0.3, 0.4) is 0 Å². The fraction of sp³-hybridized carbons (Fsp3) is 0.727. The Morgan fingerprint density at radius 1 is 1.42 bits per heavy atom. The first-order valence-electron chi connectivity index (χ1n) is 6.16. The van der Waals surface area contributed by atoms with Crippen LogP contribution >= 0.6 is 0 Å². The fourth-order valence-electron chi connectivity index (χ4n) is 1.90. The van der Waals surface area contributed by atoms with Gasteiger partial charge in [-0.15, -0.1) is 0 Å². The van der Waals surface area contributed by atoms with E-state index in [9.17, 15) is 8.42 Å². The maximum Gasteiger partial charge on any atom is 0.244 e. The summed E-state index contributed by atoms with van der Waals surface area (Å²) >= 11 is 0. The normalized spacial score (nSPS) is 12.0. The van der Waals surface area contributed by atoms with E-state index in [1.54, 1.807) is 25.6 Å². The Bertz CT molecular complexity index is 510. The molecule has 8 heteroatoms. The smallest absolute Gasteiger partial charge is 0.244 e. The van der Waals surface area contributed by atoms with Gasteiger partial charge < -0.3 is 10.5 Å². The van der Waals surface area contributed by atoms with Crippen molar-refractivity contribution in [3.63, 3.8) is 0 Å². The molecule has 0 aliphatic rings. The number of nitrogens with zero attached hydrogens (tertiary/aromatic N) is 2. The molecule has 7 nitrogen and oxygen atoms in total. The third kappa shape index (κ3) is 4.00. The number of nitrogens with one attached hydrogen (secondary N) is 1. The van der Waals surface area contributed by atoms with Gasteiger partial charge in [0.2, 0.25) is 10.0 Å². The molecule has 19 heavy (non-hydrogen) atoms. The lowest BCUT2D eigenvalue weighted by Crippen LogP contribution is -2.26. The molecule has 0 bridgehead atoms. The summed E-state index contributed by atoms with van der Waals surface area (Å²) in [7, 11) is -1.95. The molecule has 0 atom stereocenters. The molecule has 1 rings (SSSR count). The van der Waals surface area contributed by atoms with Crippen molar-refractivity contribution in [3.8, 4) is 0 Å². The molecule has 0 amide bonds. The molecule has 110 valence electrons. The highest BCUT2D eigenvalue weighted by molar-refractivity contribution is 7.89. The van der Waals surface area contributed by atoms with Crippen LogP contribution in [-0.4, -0.2) is 45.0 Å². The van der Waals surface area contributed by atoms with Gasteiger partial charge in [-0.1, -0.05) is 0 Å². The molecule has 0 aliphatic carbocycles. The average Bonchev–Trinajstić information content (AvgIpc) is 2.61. The molecule has 3 N–H and O–H groups in total. The minimum atomic E-state index is -3.53. The van der Waals surface area contributed by atoms with E-state index >= 15 is 0 Å². The molecular weight excluding hydrogens is 268 g/mol. The lowest BCUT2D eigenvalue weighted by atomic mass is 10.4. The molecule has 1 aromatic heterocycles. The lowest BCUT2D eigenvalue weighted by Gasteiger charge is -2.07. The van der Waals surface area contributed by atoms with Crippen molar-refractivity contribution in [2.45, 2.75) is 31.7 Å². The fourth-order valence-corrected chi connectivity index (χ4v) is 3.39. The van der Waals surface area contributed by atoms with Gasteiger partial charge in [-0.25, -0.2) is 13.1 Å². The largest absolute Gasteiger partial charge is 0.385 e. The predicted octanol–water partition coefficient (Wildman–Crippen LogP) is -0.227. The highest BCUT2D eigenvalue weighted by atomic mass is 32.2. The summed E-state index contributed by atoms with van der Waals surface area (Å²) in [5.74, 6) is 0. The van der Waals surface area contributed by atoms with Crippen LogP contribution in [0.5, 0.6) is 0 Å². The minimum absolute atomic E-state index is 0.248. The highest BCUT2D eigenvalue weighted by Crippen LogP contribution is 2.18. The summed E-state index contributed by atoms with van der Waals surface area (Å²) < 4.78 is 33.5. The van der Waals surface area contributed by atoms with Gasteiger partial charge in [0.25, 0.3) is 0 Å². The van der Waals surface area contributed by atoms with E-state index in [0.29, 0.717) is 44.0 Å². The second-order valence-corrected chi connectivity index (χ2v) is 5.96. The molecule has 1 aromatic rings. The number of nitrogens with two attached hydrogens (primary N) is 1. The van der Waals surface area contributed by atoms with Crippen LogP contribution in [0.2, 0.25) is 0 Å². The summed E-state index contributed by atoms with van der Waals surface area (Å²) in [5.41, 5.74) is 6.58. The number of hydrogen-bond acceptors (Lipinski definition) is 5. The van der Waals surface area contributed by atoms with E-state index < -0.39 is 10.0 Å². The number of methoxy groups -OCH3 is 1. The molecule has 0 aromatic carbocycles. The van der Waals surface area contributed by atoms with Crippen LogP contribution in [0.15, 0.2) is 4.90 Å². The highest BCUT2D eigenvalue weighted by Gasteiger charge is 2.23.